The van der Waals surface area contributed by atoms with Crippen molar-refractivity contribution < 1.29 is 4.79 Å². The van der Waals surface area contributed by atoms with Gasteiger partial charge in [0.2, 0.25) is 5.91 Å². The molecule has 0 aromatic carbocycles. The number of hydrogen-bond donors (Lipinski definition) is 1. The summed E-state index contributed by atoms with van der Waals surface area (Å²) in [7, 11) is 0. The third-order valence-electron chi connectivity index (χ3n) is 4.17. The number of carbonyl (C=O) groups is 1. The van der Waals surface area contributed by atoms with Crippen LogP contribution in [0.1, 0.15) is 18.4 Å². The molecule has 20 heavy (non-hydrogen) atoms. The Kier molecular flexibility index (Phi) is 4.28. The van der Waals surface area contributed by atoms with E-state index in [0.717, 1.165) is 52.1 Å². The van der Waals surface area contributed by atoms with Crippen molar-refractivity contribution in [3.63, 3.8) is 0 Å². The molecule has 1 N–H and O–H groups in total. The highest BCUT2D eigenvalue weighted by molar-refractivity contribution is 5.82. The van der Waals surface area contributed by atoms with Gasteiger partial charge in [0, 0.05) is 45.1 Å². The molecule has 1 amide bonds. The summed E-state index contributed by atoms with van der Waals surface area (Å²) >= 11 is 0. The summed E-state index contributed by atoms with van der Waals surface area (Å²) < 4.78 is 0. The van der Waals surface area contributed by atoms with Crippen molar-refractivity contribution in [1.29, 1.82) is 0 Å². The molecule has 2 aliphatic heterocycles. The summed E-state index contributed by atoms with van der Waals surface area (Å²) in [6.07, 6.45) is 5.83. The van der Waals surface area contributed by atoms with E-state index >= 15 is 0 Å². The molecule has 3 heterocycles. The van der Waals surface area contributed by atoms with Gasteiger partial charge < -0.3 is 10.2 Å². The van der Waals surface area contributed by atoms with Crippen molar-refractivity contribution in [1.82, 2.24) is 20.1 Å². The maximum absolute atomic E-state index is 12.3. The van der Waals surface area contributed by atoms with Gasteiger partial charge in [-0.15, -0.1) is 0 Å². The number of aromatic nitrogens is 1. The first-order chi connectivity index (χ1) is 9.83. The zero-order chi connectivity index (χ0) is 13.8. The lowest BCUT2D eigenvalue weighted by molar-refractivity contribution is -0.134. The van der Waals surface area contributed by atoms with Crippen molar-refractivity contribution in [2.24, 2.45) is 0 Å². The van der Waals surface area contributed by atoms with Crippen LogP contribution in [0.25, 0.3) is 0 Å². The molecule has 3 rings (SSSR count). The van der Waals surface area contributed by atoms with Crippen LogP contribution in [0.5, 0.6) is 0 Å². The molecule has 0 unspecified atom stereocenters. The second kappa shape index (κ2) is 6.33. The van der Waals surface area contributed by atoms with Gasteiger partial charge in [0.1, 0.15) is 0 Å². The third-order valence-corrected chi connectivity index (χ3v) is 4.17. The van der Waals surface area contributed by atoms with Gasteiger partial charge in [0.05, 0.1) is 6.04 Å². The van der Waals surface area contributed by atoms with Crippen LogP contribution in [0.3, 0.4) is 0 Å². The highest BCUT2D eigenvalue weighted by Gasteiger charge is 2.28. The number of nitrogens with one attached hydrogen (secondary N) is 1. The lowest BCUT2D eigenvalue weighted by atomic mass is 10.1. The van der Waals surface area contributed by atoms with Crippen molar-refractivity contribution in [3.8, 4) is 0 Å². The van der Waals surface area contributed by atoms with Crippen LogP contribution in [-0.4, -0.2) is 59.5 Å². The summed E-state index contributed by atoms with van der Waals surface area (Å²) in [5.41, 5.74) is 1.24. The average molecular weight is 274 g/mol. The van der Waals surface area contributed by atoms with Gasteiger partial charge in [0.15, 0.2) is 0 Å². The van der Waals surface area contributed by atoms with Crippen LogP contribution in [0.15, 0.2) is 24.5 Å². The molecule has 5 heteroatoms. The minimum Gasteiger partial charge on any atom is -0.339 e. The minimum absolute atomic E-state index is 0.0693. The van der Waals surface area contributed by atoms with Crippen LogP contribution < -0.4 is 5.32 Å². The van der Waals surface area contributed by atoms with Crippen LogP contribution in [0.4, 0.5) is 0 Å². The number of carbonyl (C=O) groups excluding carboxylic acids is 1. The molecule has 1 atom stereocenters. The Bertz CT molecular complexity index is 436. The van der Waals surface area contributed by atoms with E-state index in [2.05, 4.69) is 21.3 Å². The molecule has 2 aliphatic rings. The summed E-state index contributed by atoms with van der Waals surface area (Å²) in [4.78, 5) is 20.9. The Hall–Kier alpha value is -1.46. The summed E-state index contributed by atoms with van der Waals surface area (Å²) in [5, 5.41) is 3.29. The van der Waals surface area contributed by atoms with E-state index in [-0.39, 0.29) is 6.04 Å². The zero-order valence-corrected chi connectivity index (χ0v) is 11.8. The Labute approximate surface area is 120 Å². The van der Waals surface area contributed by atoms with Gasteiger partial charge in [-0.2, -0.15) is 0 Å². The number of nitrogens with zero attached hydrogens (tertiary/aromatic N) is 3. The molecule has 5 nitrogen and oxygen atoms in total. The molecule has 0 saturated carbocycles. The lowest BCUT2D eigenvalue weighted by Gasteiger charge is -2.35. The Morgan fingerprint density at radius 1 is 1.35 bits per heavy atom. The molecule has 1 aromatic rings. The fraction of sp³-hybridized carbons (Fsp3) is 0.600. The molecule has 0 bridgehead atoms. The standard InChI is InChI=1S/C15H22N4O/c20-15(14-4-2-6-17-14)19-9-7-18(8-10-19)12-13-3-1-5-16-11-13/h1,3,5,11,14,17H,2,4,6-10,12H2/t14-/m1/s1. The Morgan fingerprint density at radius 2 is 2.20 bits per heavy atom. The second-order valence-corrected chi connectivity index (χ2v) is 5.61. The lowest BCUT2D eigenvalue weighted by Crippen LogP contribution is -2.52. The van der Waals surface area contributed by atoms with E-state index < -0.39 is 0 Å². The fourth-order valence-electron chi connectivity index (χ4n) is 2.99. The number of amides is 1. The van der Waals surface area contributed by atoms with Gasteiger partial charge in [-0.3, -0.25) is 14.7 Å². The first-order valence-corrected chi connectivity index (χ1v) is 7.46. The molecule has 0 aliphatic carbocycles. The monoisotopic (exact) mass is 274 g/mol. The van der Waals surface area contributed by atoms with Crippen LogP contribution in [-0.2, 0) is 11.3 Å². The third kappa shape index (κ3) is 3.16. The molecular weight excluding hydrogens is 252 g/mol. The Morgan fingerprint density at radius 3 is 2.85 bits per heavy atom. The van der Waals surface area contributed by atoms with Crippen molar-refractivity contribution >= 4 is 5.91 Å². The molecule has 0 radical (unpaired) electrons. The van der Waals surface area contributed by atoms with Crippen LogP contribution in [0, 0.1) is 0 Å². The van der Waals surface area contributed by atoms with Crippen LogP contribution in [0.2, 0.25) is 0 Å². The minimum atomic E-state index is 0.0693. The number of pyridine rings is 1. The Balaban J connectivity index is 1.48. The fourth-order valence-corrected chi connectivity index (χ4v) is 2.99. The molecule has 2 saturated heterocycles. The summed E-state index contributed by atoms with van der Waals surface area (Å²) in [6.45, 7) is 5.50. The van der Waals surface area contributed by atoms with E-state index in [9.17, 15) is 4.79 Å². The van der Waals surface area contributed by atoms with Gasteiger partial charge in [-0.25, -0.2) is 0 Å². The molecule has 2 fully saturated rings. The average Bonchev–Trinajstić information content (AvgIpc) is 3.03. The van der Waals surface area contributed by atoms with E-state index in [1.165, 1.54) is 5.56 Å². The first kappa shape index (κ1) is 13.5. The SMILES string of the molecule is O=C([C@H]1CCCN1)N1CCN(Cc2cccnc2)CC1. The zero-order valence-electron chi connectivity index (χ0n) is 11.8. The predicted octanol–water partition coefficient (Wildman–Crippen LogP) is 0.478. The van der Waals surface area contributed by atoms with Gasteiger partial charge in [0.25, 0.3) is 0 Å². The van der Waals surface area contributed by atoms with Gasteiger partial charge >= 0.3 is 0 Å². The topological polar surface area (TPSA) is 48.5 Å². The molecular formula is C15H22N4O. The van der Waals surface area contributed by atoms with Crippen molar-refractivity contribution in [2.45, 2.75) is 25.4 Å². The largest absolute Gasteiger partial charge is 0.339 e. The van der Waals surface area contributed by atoms with Gasteiger partial charge in [-0.1, -0.05) is 6.07 Å². The van der Waals surface area contributed by atoms with Crippen molar-refractivity contribution in [3.05, 3.63) is 30.1 Å². The molecule has 108 valence electrons. The summed E-state index contributed by atoms with van der Waals surface area (Å²) in [6, 6.07) is 4.15. The summed E-state index contributed by atoms with van der Waals surface area (Å²) in [5.74, 6) is 0.295. The van der Waals surface area contributed by atoms with Crippen LogP contribution >= 0.6 is 0 Å². The van der Waals surface area contributed by atoms with Crippen molar-refractivity contribution in [2.75, 3.05) is 32.7 Å². The maximum Gasteiger partial charge on any atom is 0.239 e. The van der Waals surface area contributed by atoms with Gasteiger partial charge in [-0.05, 0) is 31.0 Å². The highest BCUT2D eigenvalue weighted by Crippen LogP contribution is 2.12. The highest BCUT2D eigenvalue weighted by atomic mass is 16.2. The quantitative estimate of drug-likeness (QED) is 0.871. The van der Waals surface area contributed by atoms with E-state index in [4.69, 9.17) is 0 Å². The normalized spacial score (nSPS) is 24.0. The van der Waals surface area contributed by atoms with E-state index in [0.29, 0.717) is 5.91 Å². The maximum atomic E-state index is 12.3. The number of hydrogen-bond acceptors (Lipinski definition) is 4. The molecule has 0 spiro atoms. The number of rotatable bonds is 3. The predicted molar refractivity (Wildman–Crippen MR) is 77.1 cm³/mol. The first-order valence-electron chi connectivity index (χ1n) is 7.46. The van der Waals surface area contributed by atoms with E-state index in [1.807, 2.05) is 17.2 Å². The van der Waals surface area contributed by atoms with E-state index in [1.54, 1.807) is 6.20 Å². The number of piperazine rings is 1. The molecule has 1 aromatic heterocycles. The smallest absolute Gasteiger partial charge is 0.239 e. The second-order valence-electron chi connectivity index (χ2n) is 5.61.